The van der Waals surface area contributed by atoms with Crippen molar-refractivity contribution in [2.24, 2.45) is 5.92 Å². The van der Waals surface area contributed by atoms with E-state index in [1.54, 1.807) is 0 Å². The van der Waals surface area contributed by atoms with Crippen LogP contribution in [-0.2, 0) is 4.74 Å². The average molecular weight is 281 g/mol. The Hall–Kier alpha value is -0.940. The molecule has 0 unspecified atom stereocenters. The first-order chi connectivity index (χ1) is 8.79. The van der Waals surface area contributed by atoms with Crippen LogP contribution in [0, 0.1) is 5.92 Å². The van der Waals surface area contributed by atoms with E-state index in [-0.39, 0.29) is 6.04 Å². The van der Waals surface area contributed by atoms with Crippen LogP contribution in [-0.4, -0.2) is 36.4 Å². The van der Waals surface area contributed by atoms with E-state index >= 15 is 0 Å². The first-order valence-corrected chi connectivity index (χ1v) is 6.79. The van der Waals surface area contributed by atoms with E-state index in [1.807, 2.05) is 13.8 Å². The third-order valence-corrected chi connectivity index (χ3v) is 3.31. The van der Waals surface area contributed by atoms with Gasteiger partial charge in [0.15, 0.2) is 6.61 Å². The summed E-state index contributed by atoms with van der Waals surface area (Å²) in [5, 5.41) is 0. The molecule has 1 fully saturated rings. The molecule has 0 aliphatic heterocycles. The van der Waals surface area contributed by atoms with E-state index in [2.05, 4.69) is 4.74 Å². The number of hydrogen-bond donors (Lipinski definition) is 0. The van der Waals surface area contributed by atoms with E-state index < -0.39 is 18.9 Å². The van der Waals surface area contributed by atoms with Gasteiger partial charge in [0.25, 0.3) is 0 Å². The largest absolute Gasteiger partial charge is 0.440 e. The highest BCUT2D eigenvalue weighted by Crippen LogP contribution is 2.25. The van der Waals surface area contributed by atoms with Crippen molar-refractivity contribution >= 4 is 6.09 Å². The standard InChI is InChI=1S/C13H22F3NO2/c1-10(2)7-8-17(11-5-3-4-6-11)12(18)19-9-13(14,15)16/h10-11H,3-9H2,1-2H3. The fourth-order valence-electron chi connectivity index (χ4n) is 2.26. The van der Waals surface area contributed by atoms with Crippen LogP contribution in [0.4, 0.5) is 18.0 Å². The van der Waals surface area contributed by atoms with Gasteiger partial charge < -0.3 is 9.64 Å². The van der Waals surface area contributed by atoms with Crippen LogP contribution in [0.3, 0.4) is 0 Å². The number of nitrogens with zero attached hydrogens (tertiary/aromatic N) is 1. The van der Waals surface area contributed by atoms with Gasteiger partial charge in [-0.15, -0.1) is 0 Å². The van der Waals surface area contributed by atoms with E-state index in [9.17, 15) is 18.0 Å². The van der Waals surface area contributed by atoms with Gasteiger partial charge in [-0.2, -0.15) is 13.2 Å². The molecule has 1 aliphatic rings. The number of ether oxygens (including phenoxy) is 1. The third-order valence-electron chi connectivity index (χ3n) is 3.31. The molecular weight excluding hydrogens is 259 g/mol. The summed E-state index contributed by atoms with van der Waals surface area (Å²) in [4.78, 5) is 13.3. The van der Waals surface area contributed by atoms with E-state index in [0.717, 1.165) is 32.1 Å². The molecule has 19 heavy (non-hydrogen) atoms. The summed E-state index contributed by atoms with van der Waals surface area (Å²) in [6.45, 7) is 3.01. The van der Waals surface area contributed by atoms with Crippen molar-refractivity contribution in [3.63, 3.8) is 0 Å². The molecule has 0 bridgehead atoms. The lowest BCUT2D eigenvalue weighted by Gasteiger charge is -2.29. The molecule has 3 nitrogen and oxygen atoms in total. The molecular formula is C13H22F3NO2. The van der Waals surface area contributed by atoms with Crippen molar-refractivity contribution in [3.8, 4) is 0 Å². The van der Waals surface area contributed by atoms with E-state index in [0.29, 0.717) is 12.5 Å². The minimum atomic E-state index is -4.46. The summed E-state index contributed by atoms with van der Waals surface area (Å²) in [6.07, 6.45) is -0.750. The number of rotatable bonds is 5. The van der Waals surface area contributed by atoms with Crippen LogP contribution in [0.25, 0.3) is 0 Å². The lowest BCUT2D eigenvalue weighted by atomic mass is 10.1. The number of carbonyl (C=O) groups is 1. The predicted octanol–water partition coefficient (Wildman–Crippen LogP) is 3.98. The quantitative estimate of drug-likeness (QED) is 0.763. The molecule has 0 radical (unpaired) electrons. The zero-order chi connectivity index (χ0) is 14.5. The smallest absolute Gasteiger partial charge is 0.422 e. The Morgan fingerprint density at radius 3 is 2.37 bits per heavy atom. The molecule has 0 aromatic heterocycles. The Labute approximate surface area is 112 Å². The number of halogens is 3. The van der Waals surface area contributed by atoms with Crippen LogP contribution >= 0.6 is 0 Å². The minimum absolute atomic E-state index is 0.0412. The summed E-state index contributed by atoms with van der Waals surface area (Å²) in [5.74, 6) is 0.402. The monoisotopic (exact) mass is 281 g/mol. The van der Waals surface area contributed by atoms with Crippen molar-refractivity contribution in [3.05, 3.63) is 0 Å². The Balaban J connectivity index is 2.53. The lowest BCUT2D eigenvalue weighted by Crippen LogP contribution is -2.41. The molecule has 1 amide bonds. The molecule has 1 saturated carbocycles. The molecule has 0 saturated heterocycles. The zero-order valence-corrected chi connectivity index (χ0v) is 11.5. The summed E-state index contributed by atoms with van der Waals surface area (Å²) < 4.78 is 40.6. The third kappa shape index (κ3) is 6.16. The first-order valence-electron chi connectivity index (χ1n) is 6.79. The topological polar surface area (TPSA) is 29.5 Å². The summed E-state index contributed by atoms with van der Waals surface area (Å²) >= 11 is 0. The van der Waals surface area contributed by atoms with Crippen molar-refractivity contribution < 1.29 is 22.7 Å². The average Bonchev–Trinajstić information content (AvgIpc) is 2.79. The van der Waals surface area contributed by atoms with Crippen molar-refractivity contribution in [1.82, 2.24) is 4.90 Å². The zero-order valence-electron chi connectivity index (χ0n) is 11.5. The van der Waals surface area contributed by atoms with Crippen LogP contribution in [0.5, 0.6) is 0 Å². The molecule has 0 spiro atoms. The normalized spacial score (nSPS) is 16.9. The molecule has 0 N–H and O–H groups in total. The van der Waals surface area contributed by atoms with Crippen LogP contribution in [0.1, 0.15) is 46.0 Å². The SMILES string of the molecule is CC(C)CCN(C(=O)OCC(F)(F)F)C1CCCC1. The molecule has 1 rings (SSSR count). The number of alkyl halides is 3. The molecule has 1 aliphatic carbocycles. The maximum Gasteiger partial charge on any atom is 0.422 e. The van der Waals surface area contributed by atoms with E-state index in [4.69, 9.17) is 0 Å². The molecule has 6 heteroatoms. The van der Waals surface area contributed by atoms with Gasteiger partial charge in [0, 0.05) is 12.6 Å². The Morgan fingerprint density at radius 1 is 1.32 bits per heavy atom. The predicted molar refractivity (Wildman–Crippen MR) is 65.8 cm³/mol. The van der Waals surface area contributed by atoms with Crippen molar-refractivity contribution in [2.75, 3.05) is 13.2 Å². The summed E-state index contributed by atoms with van der Waals surface area (Å²) in [5.41, 5.74) is 0. The molecule has 0 aromatic carbocycles. The Bertz CT molecular complexity index is 286. The summed E-state index contributed by atoms with van der Waals surface area (Å²) in [6, 6.07) is 0.0412. The van der Waals surface area contributed by atoms with Gasteiger partial charge in [0.1, 0.15) is 0 Å². The van der Waals surface area contributed by atoms with E-state index in [1.165, 1.54) is 4.90 Å². The van der Waals surface area contributed by atoms with Crippen LogP contribution < -0.4 is 0 Å². The molecule has 0 atom stereocenters. The number of amides is 1. The summed E-state index contributed by atoms with van der Waals surface area (Å²) in [7, 11) is 0. The second kappa shape index (κ2) is 7.01. The van der Waals surface area contributed by atoms with Gasteiger partial charge in [0.05, 0.1) is 0 Å². The molecule has 112 valence electrons. The highest BCUT2D eigenvalue weighted by Gasteiger charge is 2.33. The highest BCUT2D eigenvalue weighted by atomic mass is 19.4. The van der Waals surface area contributed by atoms with Crippen LogP contribution in [0.15, 0.2) is 0 Å². The minimum Gasteiger partial charge on any atom is -0.440 e. The van der Waals surface area contributed by atoms with Gasteiger partial charge in [-0.3, -0.25) is 0 Å². The van der Waals surface area contributed by atoms with Gasteiger partial charge in [0.2, 0.25) is 0 Å². The number of carbonyl (C=O) groups excluding carboxylic acids is 1. The lowest BCUT2D eigenvalue weighted by molar-refractivity contribution is -0.163. The van der Waals surface area contributed by atoms with Gasteiger partial charge in [-0.05, 0) is 25.2 Å². The van der Waals surface area contributed by atoms with Crippen molar-refractivity contribution in [2.45, 2.75) is 58.2 Å². The molecule has 0 aromatic rings. The Kier molecular flexibility index (Phi) is 5.94. The Morgan fingerprint density at radius 2 is 1.89 bits per heavy atom. The van der Waals surface area contributed by atoms with Gasteiger partial charge in [-0.1, -0.05) is 26.7 Å². The second-order valence-corrected chi connectivity index (χ2v) is 5.48. The number of hydrogen-bond acceptors (Lipinski definition) is 2. The molecule has 0 heterocycles. The fourth-order valence-corrected chi connectivity index (χ4v) is 2.26. The van der Waals surface area contributed by atoms with Gasteiger partial charge in [-0.25, -0.2) is 4.79 Å². The van der Waals surface area contributed by atoms with Crippen LogP contribution in [0.2, 0.25) is 0 Å². The maximum atomic E-state index is 12.1. The maximum absolute atomic E-state index is 12.1. The highest BCUT2D eigenvalue weighted by molar-refractivity contribution is 5.68. The fraction of sp³-hybridized carbons (Fsp3) is 0.923. The van der Waals surface area contributed by atoms with Crippen molar-refractivity contribution in [1.29, 1.82) is 0 Å². The second-order valence-electron chi connectivity index (χ2n) is 5.48. The first kappa shape index (κ1) is 16.1. The van der Waals surface area contributed by atoms with Gasteiger partial charge >= 0.3 is 12.3 Å².